The maximum atomic E-state index is 12.9. The molecule has 1 aliphatic heterocycles. The first kappa shape index (κ1) is 18.9. The zero-order valence-corrected chi connectivity index (χ0v) is 15.2. The van der Waals surface area contributed by atoms with Crippen molar-refractivity contribution in [2.45, 2.75) is 25.9 Å². The van der Waals surface area contributed by atoms with Crippen LogP contribution in [-0.4, -0.2) is 42.8 Å². The predicted octanol–water partition coefficient (Wildman–Crippen LogP) is 4.23. The molecule has 0 bridgehead atoms. The van der Waals surface area contributed by atoms with Crippen LogP contribution < -0.4 is 0 Å². The minimum atomic E-state index is -4.59. The quantitative estimate of drug-likeness (QED) is 0.787. The van der Waals surface area contributed by atoms with Crippen molar-refractivity contribution >= 4 is 17.2 Å². The van der Waals surface area contributed by atoms with E-state index in [4.69, 9.17) is 4.74 Å². The largest absolute Gasteiger partial charge is 0.452 e. The number of rotatable bonds is 4. The number of thiophene rings is 1. The maximum absolute atomic E-state index is 12.9. The van der Waals surface area contributed by atoms with E-state index in [1.807, 2.05) is 0 Å². The second kappa shape index (κ2) is 7.40. The lowest BCUT2D eigenvalue weighted by Crippen LogP contribution is -2.40. The van der Waals surface area contributed by atoms with Crippen molar-refractivity contribution in [1.82, 2.24) is 10.1 Å². The molecule has 9 heteroatoms. The van der Waals surface area contributed by atoms with Gasteiger partial charge in [-0.05, 0) is 37.8 Å². The monoisotopic (exact) mass is 388 g/mol. The second-order valence-corrected chi connectivity index (χ2v) is 7.45. The van der Waals surface area contributed by atoms with Crippen molar-refractivity contribution in [3.8, 4) is 10.6 Å². The Morgan fingerprint density at radius 3 is 2.88 bits per heavy atom. The molecule has 0 aliphatic carbocycles. The molecule has 0 aromatic carbocycles. The van der Waals surface area contributed by atoms with Crippen LogP contribution in [0.1, 0.15) is 33.8 Å². The number of methoxy groups -OCH3 is 1. The smallest absolute Gasteiger partial charge is 0.384 e. The summed E-state index contributed by atoms with van der Waals surface area (Å²) in [7, 11) is 1.64. The van der Waals surface area contributed by atoms with E-state index in [0.29, 0.717) is 35.4 Å². The number of likely N-dealkylation sites (tertiary alicyclic amines) is 1. The van der Waals surface area contributed by atoms with Crippen LogP contribution in [0.2, 0.25) is 0 Å². The van der Waals surface area contributed by atoms with Crippen molar-refractivity contribution in [2.75, 3.05) is 26.8 Å². The summed E-state index contributed by atoms with van der Waals surface area (Å²) in [6.45, 7) is 3.22. The highest BCUT2D eigenvalue weighted by atomic mass is 32.1. The number of aromatic nitrogens is 1. The van der Waals surface area contributed by atoms with E-state index in [0.717, 1.165) is 24.2 Å². The Hall–Kier alpha value is -1.87. The van der Waals surface area contributed by atoms with E-state index < -0.39 is 11.9 Å². The standard InChI is InChI=1S/C17H19F3N2O3S/c1-10-14(21-25-15(10)17(18,19)20)12-5-6-13(26-12)16(23)22-7-3-4-11(8-22)9-24-2/h5-6,11H,3-4,7-9H2,1-2H3. The number of hydrogen-bond donors (Lipinski definition) is 0. The minimum absolute atomic E-state index is 0.0727. The molecule has 2 aromatic rings. The van der Waals surface area contributed by atoms with E-state index in [1.165, 1.54) is 6.92 Å². The third kappa shape index (κ3) is 3.78. The van der Waals surface area contributed by atoms with Crippen molar-refractivity contribution < 1.29 is 27.2 Å². The van der Waals surface area contributed by atoms with Crippen molar-refractivity contribution in [3.63, 3.8) is 0 Å². The molecule has 2 aromatic heterocycles. The van der Waals surface area contributed by atoms with Gasteiger partial charge in [0.2, 0.25) is 5.76 Å². The van der Waals surface area contributed by atoms with Gasteiger partial charge in [0.15, 0.2) is 0 Å². The topological polar surface area (TPSA) is 55.6 Å². The molecule has 1 aliphatic rings. The Bertz CT molecular complexity index is 783. The maximum Gasteiger partial charge on any atom is 0.452 e. The lowest BCUT2D eigenvalue weighted by molar-refractivity contribution is -0.156. The zero-order chi connectivity index (χ0) is 18.9. The SMILES string of the molecule is COCC1CCCN(C(=O)c2ccc(-c3noc(C(F)(F)F)c3C)s2)C1. The lowest BCUT2D eigenvalue weighted by atomic mass is 9.99. The molecule has 1 fully saturated rings. The number of ether oxygens (including phenoxy) is 1. The molecule has 3 rings (SSSR count). The fourth-order valence-electron chi connectivity index (χ4n) is 3.19. The van der Waals surface area contributed by atoms with E-state index in [-0.39, 0.29) is 17.2 Å². The summed E-state index contributed by atoms with van der Waals surface area (Å²) in [5.41, 5.74) is 0.0498. The molecule has 0 saturated carbocycles. The molecular weight excluding hydrogens is 369 g/mol. The van der Waals surface area contributed by atoms with Gasteiger partial charge in [0.1, 0.15) is 5.69 Å². The van der Waals surface area contributed by atoms with E-state index in [2.05, 4.69) is 9.68 Å². The third-order valence-electron chi connectivity index (χ3n) is 4.44. The van der Waals surface area contributed by atoms with Crippen LogP contribution in [0.5, 0.6) is 0 Å². The molecule has 1 saturated heterocycles. The normalized spacial score (nSPS) is 18.3. The van der Waals surface area contributed by atoms with Gasteiger partial charge in [0, 0.05) is 25.8 Å². The van der Waals surface area contributed by atoms with Crippen LogP contribution >= 0.6 is 11.3 Å². The third-order valence-corrected chi connectivity index (χ3v) is 5.52. The van der Waals surface area contributed by atoms with Crippen molar-refractivity contribution in [1.29, 1.82) is 0 Å². The van der Waals surface area contributed by atoms with Crippen LogP contribution in [0, 0.1) is 12.8 Å². The first-order valence-corrected chi connectivity index (χ1v) is 9.04. The molecule has 142 valence electrons. The number of alkyl halides is 3. The Balaban J connectivity index is 1.78. The van der Waals surface area contributed by atoms with Crippen LogP contribution in [-0.2, 0) is 10.9 Å². The van der Waals surface area contributed by atoms with Gasteiger partial charge in [-0.25, -0.2) is 0 Å². The Kier molecular flexibility index (Phi) is 5.38. The fourth-order valence-corrected chi connectivity index (χ4v) is 4.20. The molecule has 5 nitrogen and oxygen atoms in total. The molecule has 0 spiro atoms. The van der Waals surface area contributed by atoms with Gasteiger partial charge in [-0.1, -0.05) is 5.16 Å². The lowest BCUT2D eigenvalue weighted by Gasteiger charge is -2.32. The van der Waals surface area contributed by atoms with Gasteiger partial charge in [-0.2, -0.15) is 13.2 Å². The summed E-state index contributed by atoms with van der Waals surface area (Å²) >= 11 is 1.13. The van der Waals surface area contributed by atoms with Gasteiger partial charge in [0.05, 0.1) is 16.4 Å². The minimum Gasteiger partial charge on any atom is -0.384 e. The Morgan fingerprint density at radius 2 is 2.23 bits per heavy atom. The number of amides is 1. The van der Waals surface area contributed by atoms with E-state index in [9.17, 15) is 18.0 Å². The van der Waals surface area contributed by atoms with Gasteiger partial charge < -0.3 is 14.2 Å². The summed E-state index contributed by atoms with van der Waals surface area (Å²) in [5, 5.41) is 3.55. The number of carbonyl (C=O) groups excluding carboxylic acids is 1. The van der Waals surface area contributed by atoms with Crippen molar-refractivity contribution in [3.05, 3.63) is 28.3 Å². The highest BCUT2D eigenvalue weighted by Crippen LogP contribution is 2.38. The summed E-state index contributed by atoms with van der Waals surface area (Å²) in [4.78, 5) is 15.5. The van der Waals surface area contributed by atoms with E-state index >= 15 is 0 Å². The summed E-state index contributed by atoms with van der Waals surface area (Å²) in [5.74, 6) is -0.907. The number of carbonyl (C=O) groups is 1. The molecule has 0 radical (unpaired) electrons. The molecule has 3 heterocycles. The first-order valence-electron chi connectivity index (χ1n) is 8.23. The highest BCUT2D eigenvalue weighted by Gasteiger charge is 2.39. The van der Waals surface area contributed by atoms with Gasteiger partial charge in [-0.3, -0.25) is 4.79 Å². The molecule has 1 unspecified atom stereocenters. The Labute approximate surface area is 152 Å². The molecule has 1 atom stereocenters. The predicted molar refractivity (Wildman–Crippen MR) is 90.1 cm³/mol. The van der Waals surface area contributed by atoms with Crippen LogP contribution in [0.25, 0.3) is 10.6 Å². The number of piperidine rings is 1. The first-order chi connectivity index (χ1) is 12.3. The molecule has 0 N–H and O–H groups in total. The van der Waals surface area contributed by atoms with E-state index in [1.54, 1.807) is 24.1 Å². The van der Waals surface area contributed by atoms with Gasteiger partial charge in [-0.15, -0.1) is 11.3 Å². The summed E-state index contributed by atoms with van der Waals surface area (Å²) in [6.07, 6.45) is -2.66. The molecule has 1 amide bonds. The average molecular weight is 388 g/mol. The molecular formula is C17H19F3N2O3S. The number of halogens is 3. The molecule has 26 heavy (non-hydrogen) atoms. The summed E-state index contributed by atoms with van der Waals surface area (Å²) in [6, 6.07) is 3.24. The number of hydrogen-bond acceptors (Lipinski definition) is 5. The van der Waals surface area contributed by atoms with Crippen LogP contribution in [0.3, 0.4) is 0 Å². The fraction of sp³-hybridized carbons (Fsp3) is 0.529. The average Bonchev–Trinajstić information content (AvgIpc) is 3.20. The van der Waals surface area contributed by atoms with Crippen molar-refractivity contribution in [2.24, 2.45) is 5.92 Å². The van der Waals surface area contributed by atoms with Gasteiger partial charge in [0.25, 0.3) is 5.91 Å². The Morgan fingerprint density at radius 1 is 1.46 bits per heavy atom. The zero-order valence-electron chi connectivity index (χ0n) is 14.4. The highest BCUT2D eigenvalue weighted by molar-refractivity contribution is 7.17. The second-order valence-electron chi connectivity index (χ2n) is 6.36. The van der Waals surface area contributed by atoms with Crippen LogP contribution in [0.15, 0.2) is 16.7 Å². The van der Waals surface area contributed by atoms with Gasteiger partial charge >= 0.3 is 6.18 Å². The van der Waals surface area contributed by atoms with Crippen LogP contribution in [0.4, 0.5) is 13.2 Å². The number of nitrogens with zero attached hydrogens (tertiary/aromatic N) is 2. The summed E-state index contributed by atoms with van der Waals surface area (Å²) < 4.78 is 48.2.